The third kappa shape index (κ3) is 6.05. The van der Waals surface area contributed by atoms with Crippen LogP contribution in [-0.2, 0) is 0 Å². The van der Waals surface area contributed by atoms with Gasteiger partial charge in [0.25, 0.3) is 5.69 Å². The number of non-ortho nitro benzene ring substituents is 1. The molecule has 34 heavy (non-hydrogen) atoms. The maximum absolute atomic E-state index is 10.9. The van der Waals surface area contributed by atoms with Crippen molar-refractivity contribution in [1.82, 2.24) is 19.9 Å². The number of anilines is 4. The molecular formula is C21H22IN9O3. The molecule has 1 aliphatic rings. The lowest BCUT2D eigenvalue weighted by Gasteiger charge is -2.32. The van der Waals surface area contributed by atoms with Crippen molar-refractivity contribution in [1.29, 1.82) is 0 Å². The molecule has 1 aliphatic heterocycles. The first-order valence-electron chi connectivity index (χ1n) is 10.4. The van der Waals surface area contributed by atoms with E-state index in [-0.39, 0.29) is 23.3 Å². The van der Waals surface area contributed by atoms with Crippen LogP contribution in [0, 0.1) is 13.7 Å². The van der Waals surface area contributed by atoms with Crippen molar-refractivity contribution < 1.29 is 10.0 Å². The van der Waals surface area contributed by atoms with Crippen molar-refractivity contribution in [2.24, 2.45) is 5.10 Å². The van der Waals surface area contributed by atoms with E-state index in [1.54, 1.807) is 30.3 Å². The van der Waals surface area contributed by atoms with Gasteiger partial charge in [0.1, 0.15) is 5.75 Å². The number of halogens is 1. The quantitative estimate of drug-likeness (QED) is 0.166. The monoisotopic (exact) mass is 575 g/mol. The van der Waals surface area contributed by atoms with Gasteiger partial charge in [0.05, 0.1) is 11.1 Å². The number of aromatic hydroxyl groups is 1. The van der Waals surface area contributed by atoms with Crippen LogP contribution in [0.1, 0.15) is 5.56 Å². The Balaban J connectivity index is 1.58. The van der Waals surface area contributed by atoms with Gasteiger partial charge in [-0.15, -0.1) is 0 Å². The first-order valence-corrected chi connectivity index (χ1v) is 11.4. The van der Waals surface area contributed by atoms with Gasteiger partial charge in [-0.05, 0) is 60.0 Å². The standard InChI is InChI=1S/C21H22IN9O3/c1-29-8-10-30(11-9-29)21-26-19(24-16-3-5-17(6-4-16)31(33)34)25-20(27-21)28-23-13-14-12-15(22)2-7-18(14)32/h2-7,12-13,32H,8-11H2,1H3,(H2,24,25,26,27,28)/b23-13+. The summed E-state index contributed by atoms with van der Waals surface area (Å²) in [7, 11) is 2.06. The number of nitro groups is 1. The molecule has 2 heterocycles. The van der Waals surface area contributed by atoms with Gasteiger partial charge in [-0.2, -0.15) is 20.1 Å². The van der Waals surface area contributed by atoms with E-state index in [1.807, 2.05) is 0 Å². The molecule has 1 fully saturated rings. The third-order valence-corrected chi connectivity index (χ3v) is 5.77. The SMILES string of the molecule is CN1CCN(c2nc(N/N=C/c3cc(I)ccc3O)nc(Nc3ccc([N+](=O)[O-])cc3)n2)CC1. The van der Waals surface area contributed by atoms with Crippen LogP contribution >= 0.6 is 22.6 Å². The Kier molecular flexibility index (Phi) is 7.32. The fraction of sp³-hybridized carbons (Fsp3) is 0.238. The summed E-state index contributed by atoms with van der Waals surface area (Å²) in [6.07, 6.45) is 1.49. The molecule has 1 aromatic heterocycles. The minimum Gasteiger partial charge on any atom is -0.507 e. The maximum Gasteiger partial charge on any atom is 0.269 e. The maximum atomic E-state index is 10.9. The smallest absolute Gasteiger partial charge is 0.269 e. The lowest BCUT2D eigenvalue weighted by molar-refractivity contribution is -0.384. The van der Waals surface area contributed by atoms with E-state index < -0.39 is 4.92 Å². The average Bonchev–Trinajstić information content (AvgIpc) is 2.82. The van der Waals surface area contributed by atoms with Gasteiger partial charge in [-0.1, -0.05) is 0 Å². The number of hydrogen-bond acceptors (Lipinski definition) is 11. The average molecular weight is 575 g/mol. The van der Waals surface area contributed by atoms with Crippen LogP contribution in [0.4, 0.5) is 29.2 Å². The Morgan fingerprint density at radius 1 is 1.09 bits per heavy atom. The lowest BCUT2D eigenvalue weighted by atomic mass is 10.2. The third-order valence-electron chi connectivity index (χ3n) is 5.10. The fourth-order valence-corrected chi connectivity index (χ4v) is 3.72. The highest BCUT2D eigenvalue weighted by Crippen LogP contribution is 2.22. The second-order valence-corrected chi connectivity index (χ2v) is 8.82. The summed E-state index contributed by atoms with van der Waals surface area (Å²) in [5.41, 5.74) is 3.95. The second-order valence-electron chi connectivity index (χ2n) is 7.58. The number of benzene rings is 2. The molecule has 0 amide bonds. The first-order chi connectivity index (χ1) is 16.4. The number of hydrogen-bond donors (Lipinski definition) is 3. The van der Waals surface area contributed by atoms with E-state index in [1.165, 1.54) is 18.3 Å². The molecule has 0 aliphatic carbocycles. The van der Waals surface area contributed by atoms with Crippen LogP contribution < -0.4 is 15.6 Å². The van der Waals surface area contributed by atoms with E-state index in [2.05, 4.69) is 70.2 Å². The second kappa shape index (κ2) is 10.6. The van der Waals surface area contributed by atoms with Crippen LogP contribution in [0.3, 0.4) is 0 Å². The molecule has 13 heteroatoms. The molecule has 0 unspecified atom stereocenters. The molecule has 2 aromatic carbocycles. The highest BCUT2D eigenvalue weighted by Gasteiger charge is 2.19. The molecule has 0 atom stereocenters. The van der Waals surface area contributed by atoms with Crippen molar-refractivity contribution in [3.63, 3.8) is 0 Å². The van der Waals surface area contributed by atoms with Gasteiger partial charge in [0.2, 0.25) is 17.8 Å². The number of nitrogens with zero attached hydrogens (tertiary/aromatic N) is 7. The van der Waals surface area contributed by atoms with Crippen molar-refractivity contribution >= 4 is 58.0 Å². The zero-order valence-corrected chi connectivity index (χ0v) is 20.4. The molecule has 0 spiro atoms. The van der Waals surface area contributed by atoms with Crippen LogP contribution in [0.2, 0.25) is 0 Å². The summed E-state index contributed by atoms with van der Waals surface area (Å²) in [5.74, 6) is 1.09. The molecular weight excluding hydrogens is 553 g/mol. The molecule has 0 saturated carbocycles. The van der Waals surface area contributed by atoms with Gasteiger partial charge in [-0.3, -0.25) is 10.1 Å². The summed E-state index contributed by atoms with van der Waals surface area (Å²) >= 11 is 2.16. The zero-order valence-electron chi connectivity index (χ0n) is 18.2. The Hall–Kier alpha value is -3.59. The summed E-state index contributed by atoms with van der Waals surface area (Å²) in [6, 6.07) is 11.2. The summed E-state index contributed by atoms with van der Waals surface area (Å²) in [4.78, 5) is 28.1. The van der Waals surface area contributed by atoms with E-state index in [9.17, 15) is 15.2 Å². The number of nitro benzene ring substituents is 1. The van der Waals surface area contributed by atoms with Crippen LogP contribution in [0.15, 0.2) is 47.6 Å². The van der Waals surface area contributed by atoms with E-state index in [0.29, 0.717) is 17.2 Å². The summed E-state index contributed by atoms with van der Waals surface area (Å²) in [6.45, 7) is 3.28. The molecule has 4 rings (SSSR count). The zero-order chi connectivity index (χ0) is 24.1. The van der Waals surface area contributed by atoms with Gasteiger partial charge in [0, 0.05) is 53.1 Å². The predicted molar refractivity (Wildman–Crippen MR) is 138 cm³/mol. The summed E-state index contributed by atoms with van der Waals surface area (Å²) < 4.78 is 0.962. The van der Waals surface area contributed by atoms with Gasteiger partial charge < -0.3 is 20.2 Å². The number of piperazine rings is 1. The molecule has 176 valence electrons. The number of likely N-dealkylation sites (N-methyl/N-ethyl adjacent to an activating group) is 1. The largest absolute Gasteiger partial charge is 0.507 e. The normalized spacial score (nSPS) is 14.4. The number of hydrazone groups is 1. The number of phenolic OH excluding ortho intramolecular Hbond substituents is 1. The summed E-state index contributed by atoms with van der Waals surface area (Å²) in [5, 5.41) is 28.1. The Bertz CT molecular complexity index is 1200. The minimum absolute atomic E-state index is 0.00478. The molecule has 3 aromatic rings. The van der Waals surface area contributed by atoms with Crippen molar-refractivity contribution in [2.75, 3.05) is 48.9 Å². The van der Waals surface area contributed by atoms with Gasteiger partial charge in [-0.25, -0.2) is 5.43 Å². The van der Waals surface area contributed by atoms with Crippen molar-refractivity contribution in [3.05, 3.63) is 61.7 Å². The Morgan fingerprint density at radius 2 is 1.79 bits per heavy atom. The molecule has 12 nitrogen and oxygen atoms in total. The highest BCUT2D eigenvalue weighted by atomic mass is 127. The topological polar surface area (TPSA) is 145 Å². The molecule has 0 bridgehead atoms. The Morgan fingerprint density at radius 3 is 2.50 bits per heavy atom. The van der Waals surface area contributed by atoms with Crippen LogP contribution in [0.5, 0.6) is 5.75 Å². The number of phenols is 1. The fourth-order valence-electron chi connectivity index (χ4n) is 3.20. The van der Waals surface area contributed by atoms with Crippen LogP contribution in [0.25, 0.3) is 0 Å². The number of nitrogens with one attached hydrogen (secondary N) is 2. The number of aromatic nitrogens is 3. The van der Waals surface area contributed by atoms with Crippen LogP contribution in [-0.4, -0.2) is 69.3 Å². The lowest BCUT2D eigenvalue weighted by Crippen LogP contribution is -2.45. The molecule has 1 saturated heterocycles. The minimum atomic E-state index is -0.455. The highest BCUT2D eigenvalue weighted by molar-refractivity contribution is 14.1. The predicted octanol–water partition coefficient (Wildman–Crippen LogP) is 3.03. The van der Waals surface area contributed by atoms with E-state index in [4.69, 9.17) is 0 Å². The number of rotatable bonds is 7. The van der Waals surface area contributed by atoms with E-state index in [0.717, 1.165) is 29.7 Å². The Labute approximate surface area is 209 Å². The molecule has 0 radical (unpaired) electrons. The van der Waals surface area contributed by atoms with Gasteiger partial charge >= 0.3 is 0 Å². The van der Waals surface area contributed by atoms with Crippen molar-refractivity contribution in [3.8, 4) is 5.75 Å². The first kappa shape index (κ1) is 23.6. The van der Waals surface area contributed by atoms with Crippen molar-refractivity contribution in [2.45, 2.75) is 0 Å². The van der Waals surface area contributed by atoms with Gasteiger partial charge in [0.15, 0.2) is 0 Å². The van der Waals surface area contributed by atoms with E-state index >= 15 is 0 Å². The molecule has 3 N–H and O–H groups in total.